The molecule has 0 unspecified atom stereocenters. The molecule has 1 aromatic heterocycles. The minimum Gasteiger partial charge on any atom is -0.333 e. The fourth-order valence-corrected chi connectivity index (χ4v) is 4.72. The molecule has 9 heteroatoms. The normalized spacial score (nSPS) is 19.7. The molecule has 2 aliphatic rings. The Kier molecular flexibility index (Phi) is 7.81. The van der Waals surface area contributed by atoms with Gasteiger partial charge in [0.25, 0.3) is 5.56 Å². The number of benzene rings is 1. The highest BCUT2D eigenvalue weighted by molar-refractivity contribution is 5.75. The number of hydrogen-bond donors (Lipinski definition) is 2. The molecule has 2 fully saturated rings. The molecule has 186 valence electrons. The van der Waals surface area contributed by atoms with Crippen LogP contribution in [0.2, 0.25) is 0 Å². The number of nitriles is 1. The number of piperidine rings is 1. The monoisotopic (exact) mass is 483 g/mol. The number of halogens is 2. The van der Waals surface area contributed by atoms with Gasteiger partial charge in [0.15, 0.2) is 11.6 Å². The fraction of sp³-hybridized carbons (Fsp3) is 0.500. The predicted molar refractivity (Wildman–Crippen MR) is 128 cm³/mol. The molecule has 2 heterocycles. The smallest absolute Gasteiger partial charge is 0.318 e. The summed E-state index contributed by atoms with van der Waals surface area (Å²) >= 11 is 0. The third kappa shape index (κ3) is 6.06. The number of urea groups is 1. The summed E-state index contributed by atoms with van der Waals surface area (Å²) in [6.07, 6.45) is 5.52. The van der Waals surface area contributed by atoms with Crippen molar-refractivity contribution < 1.29 is 13.6 Å². The summed E-state index contributed by atoms with van der Waals surface area (Å²) in [7, 11) is 1.70. The van der Waals surface area contributed by atoms with E-state index in [1.54, 1.807) is 30.3 Å². The first kappa shape index (κ1) is 24.9. The van der Waals surface area contributed by atoms with Crippen molar-refractivity contribution in [3.8, 4) is 6.07 Å². The minimum absolute atomic E-state index is 0.0151. The molecule has 2 amide bonds. The van der Waals surface area contributed by atoms with Crippen LogP contribution >= 0.6 is 0 Å². The van der Waals surface area contributed by atoms with Gasteiger partial charge in [-0.05, 0) is 61.9 Å². The first-order valence-corrected chi connectivity index (χ1v) is 12.2. The van der Waals surface area contributed by atoms with Crippen LogP contribution in [-0.4, -0.2) is 40.7 Å². The molecular formula is C26H31F2N5O2. The van der Waals surface area contributed by atoms with Crippen LogP contribution in [0.4, 0.5) is 13.6 Å². The van der Waals surface area contributed by atoms with E-state index in [0.29, 0.717) is 31.4 Å². The zero-order chi connectivity index (χ0) is 24.9. The molecule has 2 N–H and O–H groups in total. The molecule has 2 aromatic rings. The van der Waals surface area contributed by atoms with Gasteiger partial charge in [0, 0.05) is 55.8 Å². The molecule has 1 aliphatic carbocycles. The van der Waals surface area contributed by atoms with E-state index in [1.165, 1.54) is 10.6 Å². The van der Waals surface area contributed by atoms with Gasteiger partial charge in [-0.15, -0.1) is 0 Å². The molecule has 1 aromatic carbocycles. The summed E-state index contributed by atoms with van der Waals surface area (Å²) in [4.78, 5) is 27.1. The molecule has 1 saturated carbocycles. The average Bonchev–Trinajstić information content (AvgIpc) is 3.68. The van der Waals surface area contributed by atoms with Crippen LogP contribution in [0.25, 0.3) is 0 Å². The lowest BCUT2D eigenvalue weighted by Gasteiger charge is -2.35. The first-order valence-electron chi connectivity index (χ1n) is 12.2. The van der Waals surface area contributed by atoms with Crippen LogP contribution in [-0.2, 0) is 20.0 Å². The number of nitrogens with one attached hydrogen (secondary N) is 2. The van der Waals surface area contributed by atoms with Crippen LogP contribution in [0, 0.1) is 23.0 Å². The largest absolute Gasteiger partial charge is 0.333 e. The van der Waals surface area contributed by atoms with Gasteiger partial charge in [0.05, 0.1) is 12.6 Å². The van der Waals surface area contributed by atoms with E-state index in [4.69, 9.17) is 5.26 Å². The number of nitrogens with zero attached hydrogens (tertiary/aromatic N) is 3. The zero-order valence-corrected chi connectivity index (χ0v) is 19.9. The van der Waals surface area contributed by atoms with Crippen molar-refractivity contribution in [3.63, 3.8) is 0 Å². The highest BCUT2D eigenvalue weighted by Gasteiger charge is 2.36. The number of hydrogen-bond acceptors (Lipinski definition) is 4. The molecule has 0 spiro atoms. The van der Waals surface area contributed by atoms with Crippen molar-refractivity contribution in [2.24, 2.45) is 7.05 Å². The third-order valence-electron chi connectivity index (χ3n) is 6.85. The Bertz CT molecular complexity index is 1170. The van der Waals surface area contributed by atoms with Gasteiger partial charge in [-0.2, -0.15) is 5.26 Å². The van der Waals surface area contributed by atoms with Crippen molar-refractivity contribution in [1.29, 1.82) is 5.26 Å². The summed E-state index contributed by atoms with van der Waals surface area (Å²) in [6.45, 7) is 1.31. The van der Waals surface area contributed by atoms with E-state index in [2.05, 4.69) is 16.7 Å². The van der Waals surface area contributed by atoms with Crippen LogP contribution in [0.1, 0.15) is 54.7 Å². The maximum Gasteiger partial charge on any atom is 0.318 e. The van der Waals surface area contributed by atoms with Gasteiger partial charge < -0.3 is 20.1 Å². The Morgan fingerprint density at radius 2 is 2.09 bits per heavy atom. The highest BCUT2D eigenvalue weighted by Crippen LogP contribution is 2.31. The Labute approximate surface area is 203 Å². The zero-order valence-electron chi connectivity index (χ0n) is 19.9. The van der Waals surface area contributed by atoms with Crippen molar-refractivity contribution in [3.05, 3.63) is 69.1 Å². The number of rotatable bonds is 8. The van der Waals surface area contributed by atoms with Crippen molar-refractivity contribution in [2.75, 3.05) is 13.1 Å². The third-order valence-corrected chi connectivity index (χ3v) is 6.85. The molecule has 2 atom stereocenters. The quantitative estimate of drug-likeness (QED) is 0.564. The molecule has 1 saturated heterocycles. The van der Waals surface area contributed by atoms with E-state index < -0.39 is 11.6 Å². The molecule has 0 bridgehead atoms. The second-order valence-corrected chi connectivity index (χ2v) is 9.49. The van der Waals surface area contributed by atoms with Gasteiger partial charge in [0.2, 0.25) is 0 Å². The number of pyridine rings is 1. The molecule has 1 aliphatic heterocycles. The van der Waals surface area contributed by atoms with Crippen LogP contribution in [0.3, 0.4) is 0 Å². The average molecular weight is 484 g/mol. The van der Waals surface area contributed by atoms with Gasteiger partial charge in [-0.25, -0.2) is 13.6 Å². The van der Waals surface area contributed by atoms with Crippen molar-refractivity contribution in [2.45, 2.75) is 63.1 Å². The Morgan fingerprint density at radius 3 is 2.80 bits per heavy atom. The Morgan fingerprint density at radius 1 is 1.29 bits per heavy atom. The fourth-order valence-electron chi connectivity index (χ4n) is 4.72. The summed E-state index contributed by atoms with van der Waals surface area (Å²) in [5, 5.41) is 15.1. The number of aromatic nitrogens is 1. The second-order valence-electron chi connectivity index (χ2n) is 9.49. The molecule has 0 radical (unpaired) electrons. The molecular weight excluding hydrogens is 452 g/mol. The van der Waals surface area contributed by atoms with Crippen LogP contribution in [0.5, 0.6) is 0 Å². The lowest BCUT2D eigenvalue weighted by atomic mass is 9.86. The van der Waals surface area contributed by atoms with Crippen LogP contribution < -0.4 is 16.2 Å². The topological polar surface area (TPSA) is 90.2 Å². The number of aryl methyl sites for hydroxylation is 2. The van der Waals surface area contributed by atoms with E-state index in [0.717, 1.165) is 31.4 Å². The number of unbranched alkanes of at least 4 members (excludes halogenated alkanes) is 1. The molecule has 35 heavy (non-hydrogen) atoms. The summed E-state index contributed by atoms with van der Waals surface area (Å²) in [5.41, 5.74) is 1.55. The predicted octanol–water partition coefficient (Wildman–Crippen LogP) is 3.33. The number of amides is 2. The Hall–Kier alpha value is -3.25. The minimum atomic E-state index is -0.940. The summed E-state index contributed by atoms with van der Waals surface area (Å²) in [5.74, 6) is -1.90. The van der Waals surface area contributed by atoms with Gasteiger partial charge >= 0.3 is 6.03 Å². The number of carbonyl (C=O) groups excluding carboxylic acids is 1. The summed E-state index contributed by atoms with van der Waals surface area (Å²) in [6, 6.07) is 7.78. The van der Waals surface area contributed by atoms with E-state index in [-0.39, 0.29) is 41.7 Å². The van der Waals surface area contributed by atoms with Crippen molar-refractivity contribution >= 4 is 6.03 Å². The van der Waals surface area contributed by atoms with Gasteiger partial charge in [-0.1, -0.05) is 6.07 Å². The van der Waals surface area contributed by atoms with E-state index in [1.807, 2.05) is 6.07 Å². The van der Waals surface area contributed by atoms with Crippen LogP contribution in [0.15, 0.2) is 35.3 Å². The molecule has 4 rings (SSSR count). The van der Waals surface area contributed by atoms with E-state index >= 15 is 0 Å². The second kappa shape index (κ2) is 11.0. The SMILES string of the molecule is Cn1ccc([C@@H]2CCNC[C@H]2NC(=O)N(Cc2cc(CCCC#N)cc(F)c2F)C2CC2)cc1=O. The standard InChI is InChI=1S/C26H31F2N5O2/c1-32-11-8-18(14-24(32)34)21-7-10-30-15-23(21)31-26(35)33(20-5-6-20)16-19-12-17(4-2-3-9-29)13-22(27)25(19)28/h8,11-14,20-21,23,30H,2-7,10,15-16H2,1H3,(H,31,35)/t21-,23+/m0/s1. The van der Waals surface area contributed by atoms with Crippen molar-refractivity contribution in [1.82, 2.24) is 20.1 Å². The summed E-state index contributed by atoms with van der Waals surface area (Å²) < 4.78 is 30.5. The maximum absolute atomic E-state index is 14.7. The van der Waals surface area contributed by atoms with Gasteiger partial charge in [-0.3, -0.25) is 4.79 Å². The first-order chi connectivity index (χ1) is 16.9. The lowest BCUT2D eigenvalue weighted by Crippen LogP contribution is -2.54. The maximum atomic E-state index is 14.7. The number of carbonyl (C=O) groups is 1. The molecule has 7 nitrogen and oxygen atoms in total. The lowest BCUT2D eigenvalue weighted by molar-refractivity contribution is 0.182. The van der Waals surface area contributed by atoms with Gasteiger partial charge in [0.1, 0.15) is 0 Å². The van der Waals surface area contributed by atoms with E-state index in [9.17, 15) is 18.4 Å². The highest BCUT2D eigenvalue weighted by atomic mass is 19.2. The Balaban J connectivity index is 1.50.